The first-order valence-electron chi connectivity index (χ1n) is 9.83. The summed E-state index contributed by atoms with van der Waals surface area (Å²) in [5.41, 5.74) is 6.14. The maximum atomic E-state index is 13.6. The molecule has 1 aromatic rings. The number of nitrogens with zero attached hydrogens (tertiary/aromatic N) is 2. The highest BCUT2D eigenvalue weighted by Crippen LogP contribution is 2.27. The van der Waals surface area contributed by atoms with Crippen LogP contribution in [0.4, 0.5) is 4.39 Å². The summed E-state index contributed by atoms with van der Waals surface area (Å²) in [6, 6.07) is 6.14. The molecular weight excluding hydrogens is 418 g/mol. The number of piperazine rings is 1. The predicted octanol–water partition coefficient (Wildman–Crippen LogP) is 2.06. The summed E-state index contributed by atoms with van der Waals surface area (Å²) in [7, 11) is 0. The summed E-state index contributed by atoms with van der Waals surface area (Å²) in [4.78, 5) is 28.6. The maximum Gasteiger partial charge on any atom is 0.254 e. The lowest BCUT2D eigenvalue weighted by atomic mass is 9.99. The standard InChI is InChI=1S/C20H29FN4O2.2ClH/c21-17-6-2-1-5-16(17)20(27)23-8-9-24-10-12-25(13-11-24)19(26)14-15-4-3-7-18(15)22;;/h1-2,5-6,15,18H,3-4,7-14,22H2,(H,23,27);2*1H/t15-,18+;;/m0../s1. The molecule has 0 unspecified atom stereocenters. The van der Waals surface area contributed by atoms with E-state index in [1.165, 1.54) is 12.1 Å². The second-order valence-corrected chi connectivity index (χ2v) is 7.52. The van der Waals surface area contributed by atoms with Crippen LogP contribution in [-0.2, 0) is 4.79 Å². The molecule has 3 rings (SSSR count). The normalized spacial score (nSPS) is 21.8. The number of hydrogen-bond acceptors (Lipinski definition) is 4. The third-order valence-corrected chi connectivity index (χ3v) is 5.71. The number of hydrogen-bond donors (Lipinski definition) is 2. The maximum absolute atomic E-state index is 13.6. The minimum Gasteiger partial charge on any atom is -0.351 e. The topological polar surface area (TPSA) is 78.7 Å². The fourth-order valence-corrected chi connectivity index (χ4v) is 3.96. The van der Waals surface area contributed by atoms with Crippen LogP contribution >= 0.6 is 24.8 Å². The molecule has 6 nitrogen and oxygen atoms in total. The van der Waals surface area contributed by atoms with E-state index in [1.807, 2.05) is 4.90 Å². The molecule has 164 valence electrons. The molecule has 2 fully saturated rings. The van der Waals surface area contributed by atoms with Gasteiger partial charge in [0.2, 0.25) is 5.91 Å². The average Bonchev–Trinajstić information content (AvgIpc) is 3.07. The molecule has 1 aromatic carbocycles. The number of nitrogens with one attached hydrogen (secondary N) is 1. The quantitative estimate of drug-likeness (QED) is 0.697. The third-order valence-electron chi connectivity index (χ3n) is 5.71. The van der Waals surface area contributed by atoms with Crippen LogP contribution in [0.25, 0.3) is 0 Å². The molecule has 1 aliphatic carbocycles. The van der Waals surface area contributed by atoms with E-state index in [0.29, 0.717) is 38.5 Å². The lowest BCUT2D eigenvalue weighted by Gasteiger charge is -2.35. The van der Waals surface area contributed by atoms with E-state index in [1.54, 1.807) is 12.1 Å². The molecule has 29 heavy (non-hydrogen) atoms. The molecule has 0 bridgehead atoms. The van der Waals surface area contributed by atoms with Gasteiger partial charge in [-0.15, -0.1) is 24.8 Å². The van der Waals surface area contributed by atoms with Crippen molar-refractivity contribution >= 4 is 36.6 Å². The molecule has 1 saturated carbocycles. The summed E-state index contributed by atoms with van der Waals surface area (Å²) in [6.45, 7) is 4.15. The number of carbonyl (C=O) groups is 2. The number of carbonyl (C=O) groups excluding carboxylic acids is 2. The van der Waals surface area contributed by atoms with Crippen molar-refractivity contribution in [2.45, 2.75) is 31.7 Å². The van der Waals surface area contributed by atoms with Crippen LogP contribution in [0.2, 0.25) is 0 Å². The van der Waals surface area contributed by atoms with Crippen LogP contribution in [0.3, 0.4) is 0 Å². The minimum atomic E-state index is -0.510. The van der Waals surface area contributed by atoms with Gasteiger partial charge in [-0.2, -0.15) is 0 Å². The highest BCUT2D eigenvalue weighted by molar-refractivity contribution is 5.94. The van der Waals surface area contributed by atoms with E-state index in [2.05, 4.69) is 10.2 Å². The zero-order valence-electron chi connectivity index (χ0n) is 16.5. The van der Waals surface area contributed by atoms with Crippen molar-refractivity contribution in [3.63, 3.8) is 0 Å². The van der Waals surface area contributed by atoms with Crippen LogP contribution in [0.15, 0.2) is 24.3 Å². The number of benzene rings is 1. The Hall–Kier alpha value is -1.41. The number of halogens is 3. The SMILES string of the molecule is Cl.Cl.N[C@@H]1CCC[C@H]1CC(=O)N1CCN(CCNC(=O)c2ccccc2F)CC1. The Morgan fingerprint density at radius 1 is 1.10 bits per heavy atom. The fourth-order valence-electron chi connectivity index (χ4n) is 3.96. The summed E-state index contributed by atoms with van der Waals surface area (Å²) in [5.74, 6) is -0.354. The van der Waals surface area contributed by atoms with Crippen LogP contribution in [0.5, 0.6) is 0 Å². The third kappa shape index (κ3) is 7.10. The molecule has 2 aliphatic rings. The molecule has 0 spiro atoms. The Morgan fingerprint density at radius 3 is 2.41 bits per heavy atom. The highest BCUT2D eigenvalue weighted by Gasteiger charge is 2.29. The van der Waals surface area contributed by atoms with Gasteiger partial charge in [0.25, 0.3) is 5.91 Å². The zero-order chi connectivity index (χ0) is 19.2. The van der Waals surface area contributed by atoms with E-state index in [4.69, 9.17) is 5.73 Å². The van der Waals surface area contributed by atoms with Gasteiger partial charge in [-0.05, 0) is 30.9 Å². The molecule has 1 saturated heterocycles. The zero-order valence-corrected chi connectivity index (χ0v) is 18.2. The Labute approximate surface area is 184 Å². The van der Waals surface area contributed by atoms with Gasteiger partial charge >= 0.3 is 0 Å². The van der Waals surface area contributed by atoms with Crippen molar-refractivity contribution in [1.29, 1.82) is 0 Å². The van der Waals surface area contributed by atoms with Crippen molar-refractivity contribution in [3.05, 3.63) is 35.6 Å². The van der Waals surface area contributed by atoms with E-state index < -0.39 is 11.7 Å². The first-order valence-corrected chi connectivity index (χ1v) is 9.83. The summed E-state index contributed by atoms with van der Waals surface area (Å²) in [6.07, 6.45) is 3.80. The number of nitrogens with two attached hydrogens (primary N) is 1. The van der Waals surface area contributed by atoms with Crippen molar-refractivity contribution in [2.75, 3.05) is 39.3 Å². The van der Waals surface area contributed by atoms with Crippen molar-refractivity contribution in [1.82, 2.24) is 15.1 Å². The first-order chi connectivity index (χ1) is 13.0. The first kappa shape index (κ1) is 25.6. The fraction of sp³-hybridized carbons (Fsp3) is 0.600. The smallest absolute Gasteiger partial charge is 0.254 e. The van der Waals surface area contributed by atoms with Gasteiger partial charge in [-0.25, -0.2) is 4.39 Å². The molecular formula is C20H31Cl2FN4O2. The Balaban J connectivity index is 0.00000210. The van der Waals surface area contributed by atoms with Crippen LogP contribution in [0.1, 0.15) is 36.0 Å². The van der Waals surface area contributed by atoms with Gasteiger partial charge in [0, 0.05) is 51.7 Å². The van der Waals surface area contributed by atoms with Crippen LogP contribution in [-0.4, -0.2) is 66.9 Å². The molecule has 1 aliphatic heterocycles. The summed E-state index contributed by atoms with van der Waals surface area (Å²) >= 11 is 0. The highest BCUT2D eigenvalue weighted by atomic mass is 35.5. The molecule has 2 atom stereocenters. The second kappa shape index (κ2) is 12.3. The van der Waals surface area contributed by atoms with Gasteiger partial charge < -0.3 is 16.0 Å². The van der Waals surface area contributed by atoms with E-state index in [0.717, 1.165) is 32.4 Å². The molecule has 3 N–H and O–H groups in total. The van der Waals surface area contributed by atoms with Crippen LogP contribution < -0.4 is 11.1 Å². The average molecular weight is 449 g/mol. The molecule has 2 amide bonds. The lowest BCUT2D eigenvalue weighted by molar-refractivity contribution is -0.134. The molecule has 0 aromatic heterocycles. The lowest BCUT2D eigenvalue weighted by Crippen LogP contribution is -2.50. The molecule has 9 heteroatoms. The number of amides is 2. The molecule has 0 radical (unpaired) electrons. The molecule has 1 heterocycles. The van der Waals surface area contributed by atoms with Gasteiger partial charge in [0.05, 0.1) is 5.56 Å². The minimum absolute atomic E-state index is 0. The van der Waals surface area contributed by atoms with Gasteiger partial charge in [0.15, 0.2) is 0 Å². The van der Waals surface area contributed by atoms with Gasteiger partial charge in [0.1, 0.15) is 5.82 Å². The Bertz CT molecular complexity index is 672. The van der Waals surface area contributed by atoms with E-state index in [-0.39, 0.29) is 42.3 Å². The summed E-state index contributed by atoms with van der Waals surface area (Å²) < 4.78 is 13.6. The van der Waals surface area contributed by atoms with Crippen molar-refractivity contribution < 1.29 is 14.0 Å². The summed E-state index contributed by atoms with van der Waals surface area (Å²) in [5, 5.41) is 2.76. The van der Waals surface area contributed by atoms with Crippen molar-refractivity contribution in [2.24, 2.45) is 11.7 Å². The monoisotopic (exact) mass is 448 g/mol. The van der Waals surface area contributed by atoms with Gasteiger partial charge in [-0.3, -0.25) is 14.5 Å². The second-order valence-electron chi connectivity index (χ2n) is 7.52. The van der Waals surface area contributed by atoms with Crippen molar-refractivity contribution in [3.8, 4) is 0 Å². The van der Waals surface area contributed by atoms with E-state index in [9.17, 15) is 14.0 Å². The van der Waals surface area contributed by atoms with Crippen LogP contribution in [0, 0.1) is 11.7 Å². The van der Waals surface area contributed by atoms with E-state index >= 15 is 0 Å². The predicted molar refractivity (Wildman–Crippen MR) is 116 cm³/mol. The largest absolute Gasteiger partial charge is 0.351 e. The Morgan fingerprint density at radius 2 is 1.79 bits per heavy atom. The Kier molecular flexibility index (Phi) is 10.9. The van der Waals surface area contributed by atoms with Gasteiger partial charge in [-0.1, -0.05) is 18.6 Å². The number of rotatable bonds is 6.